The van der Waals surface area contributed by atoms with Crippen LogP contribution in [0.15, 0.2) is 10.5 Å². The maximum Gasteiger partial charge on any atom is 0.175 e. The van der Waals surface area contributed by atoms with Crippen LogP contribution in [0.1, 0.15) is 12.5 Å². The van der Waals surface area contributed by atoms with Gasteiger partial charge in [0.25, 0.3) is 0 Å². The molecule has 0 aliphatic heterocycles. The number of carbonyl (C=O) groups is 1. The van der Waals surface area contributed by atoms with Crippen molar-refractivity contribution in [2.24, 2.45) is 0 Å². The third kappa shape index (κ3) is 2.47. The average Bonchev–Trinajstić information content (AvgIpc) is 2.23. The van der Waals surface area contributed by atoms with E-state index in [9.17, 15) is 9.90 Å². The van der Waals surface area contributed by atoms with Crippen LogP contribution in [0, 0.1) is 0 Å². The van der Waals surface area contributed by atoms with Crippen LogP contribution in [-0.4, -0.2) is 25.1 Å². The van der Waals surface area contributed by atoms with Crippen molar-refractivity contribution in [2.75, 3.05) is 14.2 Å². The molecule has 1 N–H and O–H groups in total. The van der Waals surface area contributed by atoms with E-state index >= 15 is 0 Å². The van der Waals surface area contributed by atoms with Gasteiger partial charge in [0.15, 0.2) is 11.5 Å². The zero-order chi connectivity index (χ0) is 12.3. The van der Waals surface area contributed by atoms with E-state index in [-0.39, 0.29) is 18.0 Å². The number of rotatable bonds is 4. The van der Waals surface area contributed by atoms with Crippen molar-refractivity contribution in [3.05, 3.63) is 16.1 Å². The molecule has 0 bridgehead atoms. The van der Waals surface area contributed by atoms with Crippen molar-refractivity contribution in [1.82, 2.24) is 0 Å². The van der Waals surface area contributed by atoms with Gasteiger partial charge < -0.3 is 14.6 Å². The summed E-state index contributed by atoms with van der Waals surface area (Å²) in [6.45, 7) is 1.46. The number of carbonyl (C=O) groups excluding carboxylic acids is 1. The van der Waals surface area contributed by atoms with Crippen molar-refractivity contribution >= 4 is 21.7 Å². The summed E-state index contributed by atoms with van der Waals surface area (Å²) in [5.74, 6) is 0.860. The predicted octanol–water partition coefficient (Wildman–Crippen LogP) is 2.30. The van der Waals surface area contributed by atoms with E-state index in [1.807, 2.05) is 0 Å². The summed E-state index contributed by atoms with van der Waals surface area (Å²) in [7, 11) is 2.98. The fourth-order valence-corrected chi connectivity index (χ4v) is 2.09. The Balaban J connectivity index is 3.34. The largest absolute Gasteiger partial charge is 0.507 e. The molecule has 0 heterocycles. The topological polar surface area (TPSA) is 55.8 Å². The number of hydrogen-bond acceptors (Lipinski definition) is 4. The Morgan fingerprint density at radius 2 is 2.06 bits per heavy atom. The lowest BCUT2D eigenvalue weighted by Crippen LogP contribution is -2.01. The van der Waals surface area contributed by atoms with Crippen LogP contribution in [0.3, 0.4) is 0 Å². The fraction of sp³-hybridized carbons (Fsp3) is 0.364. The molecule has 0 aromatic heterocycles. The molecule has 0 aliphatic rings. The Bertz CT molecular complexity index is 415. The minimum atomic E-state index is -0.0387. The van der Waals surface area contributed by atoms with Crippen LogP contribution in [0.25, 0.3) is 0 Å². The van der Waals surface area contributed by atoms with Gasteiger partial charge in [0.2, 0.25) is 0 Å². The van der Waals surface area contributed by atoms with Crippen molar-refractivity contribution in [3.63, 3.8) is 0 Å². The molecule has 0 aliphatic carbocycles. The Morgan fingerprint density at radius 1 is 1.44 bits per heavy atom. The Labute approximate surface area is 102 Å². The molecule has 1 rings (SSSR count). The number of aromatic hydroxyl groups is 1. The van der Waals surface area contributed by atoms with Gasteiger partial charge in [0.1, 0.15) is 11.5 Å². The van der Waals surface area contributed by atoms with Gasteiger partial charge in [0.05, 0.1) is 18.7 Å². The van der Waals surface area contributed by atoms with Gasteiger partial charge in [0, 0.05) is 18.1 Å². The van der Waals surface area contributed by atoms with E-state index in [1.165, 1.54) is 27.2 Å². The van der Waals surface area contributed by atoms with E-state index < -0.39 is 0 Å². The number of Topliss-reactive ketones (excluding diaryl/α,β-unsaturated/α-hetero) is 1. The molecule has 0 saturated carbocycles. The Morgan fingerprint density at radius 3 is 2.50 bits per heavy atom. The van der Waals surface area contributed by atoms with Gasteiger partial charge in [-0.15, -0.1) is 0 Å². The van der Waals surface area contributed by atoms with Crippen LogP contribution >= 0.6 is 15.9 Å². The smallest absolute Gasteiger partial charge is 0.175 e. The van der Waals surface area contributed by atoms with Crippen molar-refractivity contribution in [2.45, 2.75) is 13.3 Å². The lowest BCUT2D eigenvalue weighted by atomic mass is 10.1. The molecule has 0 unspecified atom stereocenters. The standard InChI is InChI=1S/C11H13BrO4/c1-6(13)4-7-8(14)5-9(15-2)11(16-3)10(7)12/h5,14H,4H2,1-3H3. The number of methoxy groups -OCH3 is 2. The monoisotopic (exact) mass is 288 g/mol. The lowest BCUT2D eigenvalue weighted by Gasteiger charge is -2.14. The minimum Gasteiger partial charge on any atom is -0.507 e. The molecule has 0 amide bonds. The van der Waals surface area contributed by atoms with Gasteiger partial charge >= 0.3 is 0 Å². The van der Waals surface area contributed by atoms with E-state index in [0.29, 0.717) is 21.5 Å². The SMILES string of the molecule is COc1cc(O)c(CC(C)=O)c(Br)c1OC. The first-order chi connectivity index (χ1) is 7.51. The highest BCUT2D eigenvalue weighted by Gasteiger charge is 2.18. The molecule has 0 spiro atoms. The molecular weight excluding hydrogens is 276 g/mol. The molecule has 0 atom stereocenters. The van der Waals surface area contributed by atoms with Crippen LogP contribution in [0.2, 0.25) is 0 Å². The summed E-state index contributed by atoms with van der Waals surface area (Å²) in [5, 5.41) is 9.75. The fourth-order valence-electron chi connectivity index (χ4n) is 1.39. The highest BCUT2D eigenvalue weighted by Crippen LogP contribution is 2.42. The molecular formula is C11H13BrO4. The lowest BCUT2D eigenvalue weighted by molar-refractivity contribution is -0.116. The summed E-state index contributed by atoms with van der Waals surface area (Å²) in [4.78, 5) is 11.1. The third-order valence-electron chi connectivity index (χ3n) is 2.11. The van der Waals surface area contributed by atoms with E-state index in [4.69, 9.17) is 9.47 Å². The number of halogens is 1. The third-order valence-corrected chi connectivity index (χ3v) is 2.95. The number of ketones is 1. The normalized spacial score (nSPS) is 10.0. The number of phenols is 1. The van der Waals surface area contributed by atoms with Crippen LogP contribution in [0.4, 0.5) is 0 Å². The van der Waals surface area contributed by atoms with E-state index in [2.05, 4.69) is 15.9 Å². The van der Waals surface area contributed by atoms with Crippen LogP contribution in [-0.2, 0) is 11.2 Å². The zero-order valence-electron chi connectivity index (χ0n) is 9.33. The summed E-state index contributed by atoms with van der Waals surface area (Å²) >= 11 is 3.30. The Hall–Kier alpha value is -1.23. The minimum absolute atomic E-state index is 0.0136. The van der Waals surface area contributed by atoms with Crippen molar-refractivity contribution < 1.29 is 19.4 Å². The Kier molecular flexibility index (Phi) is 4.18. The molecule has 1 aromatic carbocycles. The molecule has 5 heteroatoms. The van der Waals surface area contributed by atoms with Gasteiger partial charge in [-0.05, 0) is 22.9 Å². The maximum atomic E-state index is 11.1. The van der Waals surface area contributed by atoms with Gasteiger partial charge in [-0.1, -0.05) is 0 Å². The van der Waals surface area contributed by atoms with E-state index in [1.54, 1.807) is 0 Å². The quantitative estimate of drug-likeness (QED) is 0.924. The second kappa shape index (κ2) is 5.21. The van der Waals surface area contributed by atoms with E-state index in [0.717, 1.165) is 0 Å². The van der Waals surface area contributed by atoms with Crippen LogP contribution < -0.4 is 9.47 Å². The number of phenolic OH excluding ortho intramolecular Hbond substituents is 1. The molecule has 16 heavy (non-hydrogen) atoms. The molecule has 0 fully saturated rings. The molecule has 0 radical (unpaired) electrons. The van der Waals surface area contributed by atoms with Crippen molar-refractivity contribution in [1.29, 1.82) is 0 Å². The predicted molar refractivity (Wildman–Crippen MR) is 63.3 cm³/mol. The molecule has 1 aromatic rings. The van der Waals surface area contributed by atoms with Crippen LogP contribution in [0.5, 0.6) is 17.2 Å². The summed E-state index contributed by atoms with van der Waals surface area (Å²) < 4.78 is 10.8. The number of benzene rings is 1. The number of ether oxygens (including phenoxy) is 2. The maximum absolute atomic E-state index is 11.1. The summed E-state index contributed by atoms with van der Waals surface area (Å²) in [5.41, 5.74) is 0.505. The molecule has 88 valence electrons. The second-order valence-corrected chi connectivity index (χ2v) is 4.10. The van der Waals surface area contributed by atoms with Gasteiger partial charge in [-0.3, -0.25) is 4.79 Å². The zero-order valence-corrected chi connectivity index (χ0v) is 10.9. The summed E-state index contributed by atoms with van der Waals surface area (Å²) in [6.07, 6.45) is 0.146. The first kappa shape index (κ1) is 12.8. The first-order valence-corrected chi connectivity index (χ1v) is 5.42. The number of hydrogen-bond donors (Lipinski definition) is 1. The summed E-state index contributed by atoms with van der Waals surface area (Å²) in [6, 6.07) is 1.43. The highest BCUT2D eigenvalue weighted by molar-refractivity contribution is 9.10. The second-order valence-electron chi connectivity index (χ2n) is 3.30. The first-order valence-electron chi connectivity index (χ1n) is 4.63. The van der Waals surface area contributed by atoms with Gasteiger partial charge in [-0.25, -0.2) is 0 Å². The molecule has 0 saturated heterocycles. The molecule has 4 nitrogen and oxygen atoms in total. The van der Waals surface area contributed by atoms with Gasteiger partial charge in [-0.2, -0.15) is 0 Å². The highest BCUT2D eigenvalue weighted by atomic mass is 79.9. The van der Waals surface area contributed by atoms with Crippen molar-refractivity contribution in [3.8, 4) is 17.2 Å². The average molecular weight is 289 g/mol.